The molecule has 0 unspecified atom stereocenters. The Hall–Kier alpha value is -3.11. The first-order valence-corrected chi connectivity index (χ1v) is 8.94. The highest BCUT2D eigenvalue weighted by Gasteiger charge is 2.07. The Morgan fingerprint density at radius 1 is 0.778 bits per heavy atom. The van der Waals surface area contributed by atoms with Gasteiger partial charge in [-0.25, -0.2) is 0 Å². The normalized spacial score (nSPS) is 10.3. The van der Waals surface area contributed by atoms with Crippen molar-refractivity contribution in [1.29, 1.82) is 0 Å². The highest BCUT2D eigenvalue weighted by molar-refractivity contribution is 6.30. The maximum absolute atomic E-state index is 12.2. The van der Waals surface area contributed by atoms with E-state index >= 15 is 0 Å². The van der Waals surface area contributed by atoms with Gasteiger partial charge in [-0.15, -0.1) is 0 Å². The minimum absolute atomic E-state index is 0.126. The summed E-state index contributed by atoms with van der Waals surface area (Å²) in [5.74, 6) is -0.281. The first-order chi connectivity index (χ1) is 13.1. The molecule has 2 N–H and O–H groups in total. The molecule has 0 heterocycles. The molecule has 3 aromatic carbocycles. The quantitative estimate of drug-likeness (QED) is 0.665. The van der Waals surface area contributed by atoms with E-state index in [1.807, 2.05) is 42.5 Å². The van der Waals surface area contributed by atoms with Crippen molar-refractivity contribution >= 4 is 29.1 Å². The summed E-state index contributed by atoms with van der Waals surface area (Å²) in [4.78, 5) is 24.3. The molecule has 3 rings (SSSR count). The van der Waals surface area contributed by atoms with Gasteiger partial charge in [-0.1, -0.05) is 54.1 Å². The van der Waals surface area contributed by atoms with Crippen LogP contribution in [0.1, 0.15) is 21.5 Å². The third-order valence-electron chi connectivity index (χ3n) is 4.00. The molecule has 136 valence electrons. The van der Waals surface area contributed by atoms with Crippen molar-refractivity contribution in [2.75, 3.05) is 5.32 Å². The van der Waals surface area contributed by atoms with E-state index in [1.54, 1.807) is 36.4 Å². The van der Waals surface area contributed by atoms with E-state index in [9.17, 15) is 9.59 Å². The first kappa shape index (κ1) is 18.7. The molecule has 0 bridgehead atoms. The second kappa shape index (κ2) is 9.01. The van der Waals surface area contributed by atoms with E-state index in [1.165, 1.54) is 0 Å². The van der Waals surface area contributed by atoms with Crippen LogP contribution < -0.4 is 10.6 Å². The van der Waals surface area contributed by atoms with E-state index in [-0.39, 0.29) is 18.2 Å². The number of halogens is 1. The van der Waals surface area contributed by atoms with Gasteiger partial charge in [-0.05, 0) is 47.5 Å². The summed E-state index contributed by atoms with van der Waals surface area (Å²) in [6.45, 7) is 0.471. The molecule has 0 saturated carbocycles. The maximum Gasteiger partial charge on any atom is 0.251 e. The minimum atomic E-state index is -0.155. The summed E-state index contributed by atoms with van der Waals surface area (Å²) in [7, 11) is 0. The molecule has 0 saturated heterocycles. The van der Waals surface area contributed by atoms with Gasteiger partial charge in [0.1, 0.15) is 0 Å². The predicted molar refractivity (Wildman–Crippen MR) is 108 cm³/mol. The lowest BCUT2D eigenvalue weighted by Crippen LogP contribution is -2.22. The molecule has 0 spiro atoms. The van der Waals surface area contributed by atoms with Crippen molar-refractivity contribution in [2.45, 2.75) is 13.0 Å². The fourth-order valence-electron chi connectivity index (χ4n) is 2.58. The summed E-state index contributed by atoms with van der Waals surface area (Å²) >= 11 is 5.84. The number of nitrogens with one attached hydrogen (secondary N) is 2. The lowest BCUT2D eigenvalue weighted by Gasteiger charge is -2.08. The number of benzene rings is 3. The number of hydrogen-bond donors (Lipinski definition) is 2. The highest BCUT2D eigenvalue weighted by atomic mass is 35.5. The summed E-state index contributed by atoms with van der Waals surface area (Å²) in [6.07, 6.45) is 0.260. The summed E-state index contributed by atoms with van der Waals surface area (Å²) in [5, 5.41) is 6.34. The summed E-state index contributed by atoms with van der Waals surface area (Å²) in [5.41, 5.74) is 3.11. The lowest BCUT2D eigenvalue weighted by molar-refractivity contribution is -0.115. The smallest absolute Gasteiger partial charge is 0.251 e. The van der Waals surface area contributed by atoms with Crippen molar-refractivity contribution in [1.82, 2.24) is 5.32 Å². The minimum Gasteiger partial charge on any atom is -0.348 e. The zero-order valence-electron chi connectivity index (χ0n) is 14.6. The Morgan fingerprint density at radius 3 is 2.11 bits per heavy atom. The average molecular weight is 379 g/mol. The molecule has 0 aliphatic carbocycles. The molecule has 5 heteroatoms. The Bertz CT molecular complexity index is 907. The van der Waals surface area contributed by atoms with Crippen LogP contribution >= 0.6 is 11.6 Å². The van der Waals surface area contributed by atoms with Gasteiger partial charge in [-0.3, -0.25) is 9.59 Å². The molecule has 0 fully saturated rings. The molecule has 0 aliphatic heterocycles. The second-order valence-corrected chi connectivity index (χ2v) is 6.53. The van der Waals surface area contributed by atoms with Crippen LogP contribution in [-0.4, -0.2) is 11.8 Å². The Labute approximate surface area is 163 Å². The van der Waals surface area contributed by atoms with E-state index in [2.05, 4.69) is 10.6 Å². The second-order valence-electron chi connectivity index (χ2n) is 6.10. The van der Waals surface area contributed by atoms with Crippen LogP contribution in [0.2, 0.25) is 5.02 Å². The predicted octanol–water partition coefficient (Wildman–Crippen LogP) is 4.45. The molecule has 2 amide bonds. The molecule has 0 atom stereocenters. The van der Waals surface area contributed by atoms with Crippen LogP contribution in [0.25, 0.3) is 0 Å². The van der Waals surface area contributed by atoms with Gasteiger partial charge >= 0.3 is 0 Å². The van der Waals surface area contributed by atoms with Crippen molar-refractivity contribution < 1.29 is 9.59 Å². The molecular weight excluding hydrogens is 360 g/mol. The fourth-order valence-corrected chi connectivity index (χ4v) is 2.70. The molecular formula is C22H19ClN2O2. The van der Waals surface area contributed by atoms with Gasteiger partial charge in [0.05, 0.1) is 6.42 Å². The van der Waals surface area contributed by atoms with E-state index in [0.29, 0.717) is 22.8 Å². The number of hydrogen-bond acceptors (Lipinski definition) is 2. The SMILES string of the molecule is O=C(Cc1ccc(Cl)cc1)Nc1ccc(C(=O)NCc2ccccc2)cc1. The van der Waals surface area contributed by atoms with E-state index < -0.39 is 0 Å². The summed E-state index contributed by atoms with van der Waals surface area (Å²) in [6, 6.07) is 23.7. The number of anilines is 1. The third kappa shape index (κ3) is 5.69. The van der Waals surface area contributed by atoms with Crippen molar-refractivity contribution in [2.24, 2.45) is 0 Å². The van der Waals surface area contributed by atoms with Crippen molar-refractivity contribution in [3.63, 3.8) is 0 Å². The van der Waals surface area contributed by atoms with Crippen LogP contribution in [0, 0.1) is 0 Å². The number of carbonyl (C=O) groups excluding carboxylic acids is 2. The molecule has 27 heavy (non-hydrogen) atoms. The van der Waals surface area contributed by atoms with Gasteiger partial charge in [0.25, 0.3) is 5.91 Å². The van der Waals surface area contributed by atoms with Crippen LogP contribution in [0.15, 0.2) is 78.9 Å². The fraction of sp³-hybridized carbons (Fsp3) is 0.0909. The Balaban J connectivity index is 1.52. The van der Waals surface area contributed by atoms with Crippen molar-refractivity contribution in [3.8, 4) is 0 Å². The van der Waals surface area contributed by atoms with Crippen LogP contribution in [0.4, 0.5) is 5.69 Å². The zero-order valence-corrected chi connectivity index (χ0v) is 15.4. The van der Waals surface area contributed by atoms with Crippen LogP contribution in [-0.2, 0) is 17.8 Å². The van der Waals surface area contributed by atoms with Gasteiger partial charge in [-0.2, -0.15) is 0 Å². The van der Waals surface area contributed by atoms with Crippen LogP contribution in [0.3, 0.4) is 0 Å². The Kier molecular flexibility index (Phi) is 6.23. The highest BCUT2D eigenvalue weighted by Crippen LogP contribution is 2.13. The van der Waals surface area contributed by atoms with E-state index in [0.717, 1.165) is 11.1 Å². The van der Waals surface area contributed by atoms with Gasteiger partial charge in [0.2, 0.25) is 5.91 Å². The molecule has 0 radical (unpaired) electrons. The molecule has 0 aliphatic rings. The Morgan fingerprint density at radius 2 is 1.44 bits per heavy atom. The number of amides is 2. The largest absolute Gasteiger partial charge is 0.348 e. The maximum atomic E-state index is 12.2. The zero-order chi connectivity index (χ0) is 19.1. The number of carbonyl (C=O) groups is 2. The first-order valence-electron chi connectivity index (χ1n) is 8.56. The molecule has 3 aromatic rings. The van der Waals surface area contributed by atoms with Crippen LogP contribution in [0.5, 0.6) is 0 Å². The molecule has 0 aromatic heterocycles. The standard InChI is InChI=1S/C22H19ClN2O2/c23-19-10-6-16(7-11-19)14-21(26)25-20-12-8-18(9-13-20)22(27)24-15-17-4-2-1-3-5-17/h1-13H,14-15H2,(H,24,27)(H,25,26). The van der Waals surface area contributed by atoms with Gasteiger partial charge in [0, 0.05) is 22.8 Å². The monoisotopic (exact) mass is 378 g/mol. The third-order valence-corrected chi connectivity index (χ3v) is 4.26. The average Bonchev–Trinajstić information content (AvgIpc) is 2.69. The van der Waals surface area contributed by atoms with Crippen molar-refractivity contribution in [3.05, 3.63) is 101 Å². The topological polar surface area (TPSA) is 58.2 Å². The molecule has 4 nitrogen and oxygen atoms in total. The van der Waals surface area contributed by atoms with Gasteiger partial charge in [0.15, 0.2) is 0 Å². The van der Waals surface area contributed by atoms with Gasteiger partial charge < -0.3 is 10.6 Å². The summed E-state index contributed by atoms with van der Waals surface area (Å²) < 4.78 is 0. The lowest BCUT2D eigenvalue weighted by atomic mass is 10.1. The van der Waals surface area contributed by atoms with E-state index in [4.69, 9.17) is 11.6 Å². The number of rotatable bonds is 6.